The van der Waals surface area contributed by atoms with Crippen LogP contribution in [0.3, 0.4) is 0 Å². The van der Waals surface area contributed by atoms with Gasteiger partial charge in [0.2, 0.25) is 11.8 Å². The molecule has 0 heterocycles. The zero-order chi connectivity index (χ0) is 35.1. The molecular formula is C37H42ClN3O6S. The van der Waals surface area contributed by atoms with Crippen LogP contribution >= 0.6 is 11.6 Å². The summed E-state index contributed by atoms with van der Waals surface area (Å²) in [6, 6.07) is 26.5. The lowest BCUT2D eigenvalue weighted by Gasteiger charge is -2.35. The van der Waals surface area contributed by atoms with Crippen LogP contribution in [0.5, 0.6) is 11.5 Å². The number of ether oxygens (including phenoxy) is 2. The van der Waals surface area contributed by atoms with Crippen molar-refractivity contribution in [2.45, 2.75) is 57.1 Å². The molecule has 0 saturated heterocycles. The average molecular weight is 692 g/mol. The Morgan fingerprint density at radius 2 is 1.46 bits per heavy atom. The molecule has 48 heavy (non-hydrogen) atoms. The number of rotatable bonds is 13. The van der Waals surface area contributed by atoms with Gasteiger partial charge >= 0.3 is 0 Å². The highest BCUT2D eigenvalue weighted by Gasteiger charge is 2.36. The van der Waals surface area contributed by atoms with Crippen molar-refractivity contribution >= 4 is 39.1 Å². The fraction of sp³-hybridized carbons (Fsp3) is 0.297. The second kappa shape index (κ2) is 15.6. The van der Waals surface area contributed by atoms with Gasteiger partial charge in [-0.1, -0.05) is 71.8 Å². The fourth-order valence-electron chi connectivity index (χ4n) is 5.14. The van der Waals surface area contributed by atoms with Gasteiger partial charge in [0.1, 0.15) is 12.6 Å². The normalized spacial score (nSPS) is 12.1. The molecule has 2 amide bonds. The van der Waals surface area contributed by atoms with Crippen LogP contribution in [0.4, 0.5) is 5.69 Å². The molecule has 0 fully saturated rings. The molecule has 4 rings (SSSR count). The van der Waals surface area contributed by atoms with Gasteiger partial charge in [-0.3, -0.25) is 13.9 Å². The Kier molecular flexibility index (Phi) is 11.8. The van der Waals surface area contributed by atoms with Gasteiger partial charge in [0.25, 0.3) is 10.0 Å². The topological polar surface area (TPSA) is 105 Å². The van der Waals surface area contributed by atoms with E-state index in [4.69, 9.17) is 21.1 Å². The number of anilines is 1. The number of benzene rings is 4. The van der Waals surface area contributed by atoms with E-state index in [1.54, 1.807) is 48.5 Å². The molecule has 0 radical (unpaired) electrons. The van der Waals surface area contributed by atoms with Crippen LogP contribution in [0, 0.1) is 6.92 Å². The van der Waals surface area contributed by atoms with E-state index in [0.717, 1.165) is 21.0 Å². The molecule has 9 nitrogen and oxygen atoms in total. The maximum absolute atomic E-state index is 14.6. The van der Waals surface area contributed by atoms with Crippen LogP contribution in [-0.4, -0.2) is 57.5 Å². The fourth-order valence-corrected chi connectivity index (χ4v) is 6.69. The predicted molar refractivity (Wildman–Crippen MR) is 189 cm³/mol. The van der Waals surface area contributed by atoms with Crippen molar-refractivity contribution in [1.82, 2.24) is 10.2 Å². The molecule has 0 aliphatic heterocycles. The second-order valence-corrected chi connectivity index (χ2v) is 14.8. The molecule has 0 aromatic heterocycles. The number of carbonyl (C=O) groups is 2. The lowest BCUT2D eigenvalue weighted by atomic mass is 10.0. The van der Waals surface area contributed by atoms with E-state index >= 15 is 0 Å². The van der Waals surface area contributed by atoms with Crippen LogP contribution in [0.25, 0.3) is 0 Å². The quantitative estimate of drug-likeness (QED) is 0.174. The molecule has 0 aliphatic rings. The van der Waals surface area contributed by atoms with Crippen LogP contribution in [-0.2, 0) is 32.6 Å². The predicted octanol–water partition coefficient (Wildman–Crippen LogP) is 6.42. The first-order valence-corrected chi connectivity index (χ1v) is 17.2. The lowest BCUT2D eigenvalue weighted by Crippen LogP contribution is -2.56. The number of sulfonamides is 1. The van der Waals surface area contributed by atoms with Crippen molar-refractivity contribution in [3.63, 3.8) is 0 Å². The molecule has 0 aliphatic carbocycles. The van der Waals surface area contributed by atoms with Crippen LogP contribution in [0.1, 0.15) is 37.5 Å². The van der Waals surface area contributed by atoms with Crippen molar-refractivity contribution in [2.75, 3.05) is 25.1 Å². The number of halogens is 1. The van der Waals surface area contributed by atoms with Crippen LogP contribution < -0.4 is 19.1 Å². The number of hydrogen-bond donors (Lipinski definition) is 1. The van der Waals surface area contributed by atoms with Crippen molar-refractivity contribution in [1.29, 1.82) is 0 Å². The van der Waals surface area contributed by atoms with E-state index in [1.807, 2.05) is 58.0 Å². The van der Waals surface area contributed by atoms with Crippen LogP contribution in [0.15, 0.2) is 102 Å². The van der Waals surface area contributed by atoms with Gasteiger partial charge < -0.3 is 19.7 Å². The molecule has 0 bridgehead atoms. The van der Waals surface area contributed by atoms with Crippen molar-refractivity contribution in [3.8, 4) is 11.5 Å². The monoisotopic (exact) mass is 691 g/mol. The van der Waals surface area contributed by atoms with E-state index in [9.17, 15) is 18.0 Å². The third-order valence-corrected chi connectivity index (χ3v) is 9.60. The minimum atomic E-state index is -4.33. The molecule has 4 aromatic rings. The number of hydrogen-bond acceptors (Lipinski definition) is 6. The molecule has 1 atom stereocenters. The van der Waals surface area contributed by atoms with Gasteiger partial charge in [0.05, 0.1) is 24.8 Å². The first-order chi connectivity index (χ1) is 22.7. The molecule has 0 spiro atoms. The smallest absolute Gasteiger partial charge is 0.264 e. The zero-order valence-corrected chi connectivity index (χ0v) is 29.6. The summed E-state index contributed by atoms with van der Waals surface area (Å²) < 4.78 is 40.5. The maximum Gasteiger partial charge on any atom is 0.264 e. The minimum Gasteiger partial charge on any atom is -0.493 e. The summed E-state index contributed by atoms with van der Waals surface area (Å²) in [4.78, 5) is 30.0. The summed E-state index contributed by atoms with van der Waals surface area (Å²) in [5.41, 5.74) is 2.17. The molecule has 0 unspecified atom stereocenters. The average Bonchev–Trinajstić information content (AvgIpc) is 3.05. The number of nitrogens with one attached hydrogen (secondary N) is 1. The van der Waals surface area contributed by atoms with Crippen molar-refractivity contribution < 1.29 is 27.5 Å². The molecule has 0 saturated carbocycles. The third kappa shape index (κ3) is 9.29. The number of amides is 2. The van der Waals surface area contributed by atoms with Crippen molar-refractivity contribution in [3.05, 3.63) is 119 Å². The number of carbonyl (C=O) groups excluding carboxylic acids is 2. The first kappa shape index (κ1) is 36.3. The van der Waals surface area contributed by atoms with E-state index < -0.39 is 34.1 Å². The SMILES string of the molecule is COc1ccc(S(=O)(=O)N(CC(=O)N(Cc2ccc(Cl)cc2)[C@@H](Cc2ccccc2)C(=O)NC(C)(C)C)c2ccc(C)cc2)cc1OC. The van der Waals surface area contributed by atoms with Gasteiger partial charge in [-0.15, -0.1) is 0 Å². The summed E-state index contributed by atoms with van der Waals surface area (Å²) in [7, 11) is -1.46. The van der Waals surface area contributed by atoms with Crippen LogP contribution in [0.2, 0.25) is 5.02 Å². The van der Waals surface area contributed by atoms with E-state index in [0.29, 0.717) is 10.8 Å². The Bertz CT molecular complexity index is 1810. The molecule has 1 N–H and O–H groups in total. The highest BCUT2D eigenvalue weighted by Crippen LogP contribution is 2.32. The third-order valence-electron chi connectivity index (χ3n) is 7.58. The molecular weight excluding hydrogens is 650 g/mol. The number of aryl methyl sites for hydroxylation is 1. The highest BCUT2D eigenvalue weighted by atomic mass is 35.5. The standard InChI is InChI=1S/C37H42ClN3O6S/c1-26-12-18-30(19-13-26)41(48(44,45)31-20-21-33(46-5)34(23-31)47-6)25-35(42)40(24-28-14-16-29(38)17-15-28)32(36(43)39-37(2,3)4)22-27-10-8-7-9-11-27/h7-21,23,32H,22,24-25H2,1-6H3,(H,39,43)/t32-/m0/s1. The Hall–Kier alpha value is -4.54. The number of methoxy groups -OCH3 is 2. The van der Waals surface area contributed by atoms with E-state index in [1.165, 1.54) is 37.3 Å². The Balaban J connectivity index is 1.83. The van der Waals surface area contributed by atoms with Gasteiger partial charge in [-0.25, -0.2) is 8.42 Å². The molecule has 11 heteroatoms. The molecule has 254 valence electrons. The minimum absolute atomic E-state index is 0.0310. The van der Waals surface area contributed by atoms with E-state index in [-0.39, 0.29) is 35.2 Å². The highest BCUT2D eigenvalue weighted by molar-refractivity contribution is 7.92. The largest absolute Gasteiger partial charge is 0.493 e. The number of nitrogens with zero attached hydrogens (tertiary/aromatic N) is 2. The summed E-state index contributed by atoms with van der Waals surface area (Å²) in [5.74, 6) is -0.352. The van der Waals surface area contributed by atoms with Gasteiger partial charge in [-0.05, 0) is 75.2 Å². The summed E-state index contributed by atoms with van der Waals surface area (Å²) in [6.07, 6.45) is 0.203. The van der Waals surface area contributed by atoms with Gasteiger partial charge in [0, 0.05) is 29.6 Å². The summed E-state index contributed by atoms with van der Waals surface area (Å²) in [6.45, 7) is 6.93. The van der Waals surface area contributed by atoms with Gasteiger partial charge in [0.15, 0.2) is 11.5 Å². The Labute approximate surface area is 288 Å². The van der Waals surface area contributed by atoms with Gasteiger partial charge in [-0.2, -0.15) is 0 Å². The molecule has 4 aromatic carbocycles. The second-order valence-electron chi connectivity index (χ2n) is 12.5. The first-order valence-electron chi connectivity index (χ1n) is 15.4. The lowest BCUT2D eigenvalue weighted by molar-refractivity contribution is -0.140. The summed E-state index contributed by atoms with van der Waals surface area (Å²) >= 11 is 6.17. The Morgan fingerprint density at radius 3 is 2.04 bits per heavy atom. The zero-order valence-electron chi connectivity index (χ0n) is 28.1. The van der Waals surface area contributed by atoms with Crippen molar-refractivity contribution in [2.24, 2.45) is 0 Å². The van der Waals surface area contributed by atoms with E-state index in [2.05, 4.69) is 5.32 Å². The maximum atomic E-state index is 14.6. The summed E-state index contributed by atoms with van der Waals surface area (Å²) in [5, 5.41) is 3.55. The Morgan fingerprint density at radius 1 is 0.833 bits per heavy atom.